The topological polar surface area (TPSA) is 74.2 Å². The van der Waals surface area contributed by atoms with E-state index in [1.165, 1.54) is 0 Å². The van der Waals surface area contributed by atoms with Gasteiger partial charge in [0.1, 0.15) is 12.1 Å². The molecule has 0 spiro atoms. The molecule has 2 aromatic carbocycles. The molecule has 2 heterocycles. The number of nitrogens with zero attached hydrogens (tertiary/aromatic N) is 4. The lowest BCUT2D eigenvalue weighted by Gasteiger charge is -2.39. The molecule has 1 aliphatic rings. The third-order valence-electron chi connectivity index (χ3n) is 4.50. The fourth-order valence-corrected chi connectivity index (χ4v) is 3.26. The maximum absolute atomic E-state index is 9.70. The van der Waals surface area contributed by atoms with Gasteiger partial charge in [-0.2, -0.15) is 4.98 Å². The van der Waals surface area contributed by atoms with E-state index in [-0.39, 0.29) is 11.3 Å². The van der Waals surface area contributed by atoms with Crippen LogP contribution in [0.15, 0.2) is 42.7 Å². The second-order valence-corrected chi connectivity index (χ2v) is 7.09. The van der Waals surface area contributed by atoms with Crippen LogP contribution in [-0.2, 0) is 0 Å². The van der Waals surface area contributed by atoms with E-state index in [1.54, 1.807) is 18.5 Å². The molecule has 1 aliphatic heterocycles. The summed E-state index contributed by atoms with van der Waals surface area (Å²) in [6.07, 6.45) is 1.57. The van der Waals surface area contributed by atoms with Gasteiger partial charge < -0.3 is 15.3 Å². The zero-order valence-corrected chi connectivity index (χ0v) is 14.4. The van der Waals surface area contributed by atoms with Crippen LogP contribution in [0.5, 0.6) is 5.75 Å². The summed E-state index contributed by atoms with van der Waals surface area (Å²) in [7, 11) is 0. The third kappa shape index (κ3) is 3.25. The quantitative estimate of drug-likeness (QED) is 0.750. The number of hydrogen-bond acceptors (Lipinski definition) is 6. The van der Waals surface area contributed by atoms with E-state index in [0.29, 0.717) is 11.8 Å². The zero-order chi connectivity index (χ0) is 17.4. The highest BCUT2D eigenvalue weighted by molar-refractivity contribution is 5.87. The largest absolute Gasteiger partial charge is 0.508 e. The lowest BCUT2D eigenvalue weighted by atomic mass is 10.0. The average molecular weight is 335 g/mol. The molecule has 3 aromatic rings. The van der Waals surface area contributed by atoms with Crippen LogP contribution < -0.4 is 10.2 Å². The van der Waals surface area contributed by atoms with Crippen LogP contribution in [0.4, 0.5) is 5.95 Å². The minimum atomic E-state index is 0.0333. The number of benzene rings is 2. The molecule has 2 N–H and O–H groups in total. The molecule has 128 valence electrons. The number of fused-ring (bicyclic) bond motifs is 1. The predicted octanol–water partition coefficient (Wildman–Crippen LogP) is 2.59. The van der Waals surface area contributed by atoms with Crippen LogP contribution in [0.2, 0.25) is 0 Å². The van der Waals surface area contributed by atoms with Crippen molar-refractivity contribution >= 4 is 16.7 Å². The number of phenolic OH excluding ortho intramolecular Hbond substituents is 1. The van der Waals surface area contributed by atoms with Gasteiger partial charge in [-0.3, -0.25) is 0 Å². The van der Waals surface area contributed by atoms with E-state index >= 15 is 0 Å². The number of aromatic hydroxyl groups is 1. The lowest BCUT2D eigenvalue weighted by molar-refractivity contribution is 0.350. The SMILES string of the molecule is CC1(C)CN(c2ncnc(-c3ccc4ccc(O)cc4c3)n2)CCN1. The fraction of sp³-hybridized carbons (Fsp3) is 0.316. The van der Waals surface area contributed by atoms with Crippen molar-refractivity contribution in [3.05, 3.63) is 42.7 Å². The fourth-order valence-electron chi connectivity index (χ4n) is 3.26. The molecule has 1 saturated heterocycles. The van der Waals surface area contributed by atoms with Crippen molar-refractivity contribution in [2.24, 2.45) is 0 Å². The monoisotopic (exact) mass is 335 g/mol. The minimum absolute atomic E-state index is 0.0333. The summed E-state index contributed by atoms with van der Waals surface area (Å²) in [6.45, 7) is 6.98. The maximum Gasteiger partial charge on any atom is 0.228 e. The van der Waals surface area contributed by atoms with E-state index in [1.807, 2.05) is 24.3 Å². The van der Waals surface area contributed by atoms with E-state index in [4.69, 9.17) is 0 Å². The summed E-state index contributed by atoms with van der Waals surface area (Å²) in [5.74, 6) is 1.60. The second kappa shape index (κ2) is 5.97. The first-order chi connectivity index (χ1) is 12.0. The molecule has 0 saturated carbocycles. The number of hydrogen-bond donors (Lipinski definition) is 2. The average Bonchev–Trinajstić information content (AvgIpc) is 2.60. The Kier molecular flexibility index (Phi) is 3.77. The summed E-state index contributed by atoms with van der Waals surface area (Å²) in [5, 5.41) is 15.2. The first kappa shape index (κ1) is 15.8. The van der Waals surface area contributed by atoms with Crippen LogP contribution >= 0.6 is 0 Å². The van der Waals surface area contributed by atoms with Crippen molar-refractivity contribution in [2.45, 2.75) is 19.4 Å². The van der Waals surface area contributed by atoms with Crippen molar-refractivity contribution in [2.75, 3.05) is 24.5 Å². The van der Waals surface area contributed by atoms with Crippen LogP contribution in [-0.4, -0.2) is 45.2 Å². The van der Waals surface area contributed by atoms with Gasteiger partial charge in [-0.15, -0.1) is 0 Å². The Morgan fingerprint density at radius 3 is 2.76 bits per heavy atom. The number of aromatic nitrogens is 3. The van der Waals surface area contributed by atoms with Gasteiger partial charge in [-0.05, 0) is 42.8 Å². The Morgan fingerprint density at radius 2 is 1.92 bits per heavy atom. The molecule has 0 radical (unpaired) electrons. The van der Waals surface area contributed by atoms with Crippen molar-refractivity contribution in [3.8, 4) is 17.1 Å². The highest BCUT2D eigenvalue weighted by Gasteiger charge is 2.27. The van der Waals surface area contributed by atoms with Gasteiger partial charge in [0.2, 0.25) is 5.95 Å². The van der Waals surface area contributed by atoms with Crippen LogP contribution in [0.25, 0.3) is 22.2 Å². The first-order valence-corrected chi connectivity index (χ1v) is 8.42. The zero-order valence-electron chi connectivity index (χ0n) is 14.4. The summed E-state index contributed by atoms with van der Waals surface area (Å²) in [4.78, 5) is 15.6. The van der Waals surface area contributed by atoms with Crippen LogP contribution in [0.3, 0.4) is 0 Å². The van der Waals surface area contributed by atoms with Crippen molar-refractivity contribution in [3.63, 3.8) is 0 Å². The molecular formula is C19H21N5O. The standard InChI is InChI=1S/C19H21N5O/c1-19(2)11-24(8-7-22-19)18-21-12-20-17(23-18)14-4-3-13-5-6-16(25)10-15(13)9-14/h3-6,9-10,12,22,25H,7-8,11H2,1-2H3. The molecule has 25 heavy (non-hydrogen) atoms. The van der Waals surface area contributed by atoms with Gasteiger partial charge in [0.05, 0.1) is 0 Å². The van der Waals surface area contributed by atoms with Crippen molar-refractivity contribution in [1.29, 1.82) is 0 Å². The Hall–Kier alpha value is -2.73. The molecule has 1 aromatic heterocycles. The maximum atomic E-state index is 9.70. The summed E-state index contributed by atoms with van der Waals surface area (Å²) in [6, 6.07) is 11.3. The highest BCUT2D eigenvalue weighted by atomic mass is 16.3. The van der Waals surface area contributed by atoms with Crippen LogP contribution in [0.1, 0.15) is 13.8 Å². The Balaban J connectivity index is 1.69. The summed E-state index contributed by atoms with van der Waals surface area (Å²) >= 11 is 0. The van der Waals surface area contributed by atoms with E-state index in [9.17, 15) is 5.11 Å². The van der Waals surface area contributed by atoms with Gasteiger partial charge >= 0.3 is 0 Å². The molecule has 0 unspecified atom stereocenters. The van der Waals surface area contributed by atoms with E-state index < -0.39 is 0 Å². The number of nitrogens with one attached hydrogen (secondary N) is 1. The molecule has 0 bridgehead atoms. The second-order valence-electron chi connectivity index (χ2n) is 7.09. The molecular weight excluding hydrogens is 314 g/mol. The minimum Gasteiger partial charge on any atom is -0.508 e. The number of anilines is 1. The van der Waals surface area contributed by atoms with E-state index in [2.05, 4.69) is 39.0 Å². The summed E-state index contributed by atoms with van der Waals surface area (Å²) in [5.41, 5.74) is 0.946. The Morgan fingerprint density at radius 1 is 1.08 bits per heavy atom. The third-order valence-corrected chi connectivity index (χ3v) is 4.50. The normalized spacial score (nSPS) is 17.0. The molecule has 6 nitrogen and oxygen atoms in total. The number of phenols is 1. The van der Waals surface area contributed by atoms with Crippen molar-refractivity contribution < 1.29 is 5.11 Å². The molecule has 6 heteroatoms. The molecule has 0 amide bonds. The van der Waals surface area contributed by atoms with Gasteiger partial charge in [0.25, 0.3) is 0 Å². The number of rotatable bonds is 2. The van der Waals surface area contributed by atoms with Gasteiger partial charge in [0.15, 0.2) is 5.82 Å². The first-order valence-electron chi connectivity index (χ1n) is 8.42. The molecule has 0 aliphatic carbocycles. The predicted molar refractivity (Wildman–Crippen MR) is 98.7 cm³/mol. The van der Waals surface area contributed by atoms with Gasteiger partial charge in [0, 0.05) is 30.7 Å². The lowest BCUT2D eigenvalue weighted by Crippen LogP contribution is -2.57. The molecule has 0 atom stereocenters. The smallest absolute Gasteiger partial charge is 0.228 e. The Bertz CT molecular complexity index is 925. The Labute approximate surface area is 146 Å². The molecule has 4 rings (SSSR count). The summed E-state index contributed by atoms with van der Waals surface area (Å²) < 4.78 is 0. The van der Waals surface area contributed by atoms with E-state index in [0.717, 1.165) is 36.0 Å². The number of piperazine rings is 1. The highest BCUT2D eigenvalue weighted by Crippen LogP contribution is 2.26. The van der Waals surface area contributed by atoms with Gasteiger partial charge in [-0.1, -0.05) is 18.2 Å². The molecule has 1 fully saturated rings. The van der Waals surface area contributed by atoms with Gasteiger partial charge in [-0.25, -0.2) is 9.97 Å². The van der Waals surface area contributed by atoms with Crippen LogP contribution in [0, 0.1) is 0 Å². The van der Waals surface area contributed by atoms with Crippen molar-refractivity contribution in [1.82, 2.24) is 20.3 Å².